The van der Waals surface area contributed by atoms with Crippen LogP contribution in [0.2, 0.25) is 0 Å². The third kappa shape index (κ3) is 4.51. The van der Waals surface area contributed by atoms with E-state index in [9.17, 15) is 4.79 Å². The Hall–Kier alpha value is -4.43. The van der Waals surface area contributed by atoms with Gasteiger partial charge in [-0.15, -0.1) is 11.8 Å². The first kappa shape index (κ1) is 21.1. The van der Waals surface area contributed by atoms with Crippen LogP contribution in [0.5, 0.6) is 0 Å². The van der Waals surface area contributed by atoms with Gasteiger partial charge in [-0.3, -0.25) is 9.20 Å². The molecule has 1 amide bonds. The maximum Gasteiger partial charge on any atom is 0.255 e. The minimum Gasteiger partial charge on any atom is -0.322 e. The number of nitrogens with one attached hydrogen (secondary N) is 1. The lowest BCUT2D eigenvalue weighted by atomic mass is 10.1. The average Bonchev–Trinajstić information content (AvgIpc) is 3.52. The molecule has 1 N–H and O–H groups in total. The first-order valence-corrected chi connectivity index (χ1v) is 12.1. The standard InChI is InChI=1S/C27H20N6OS/c34-26(30-21-9-5-19(6-10-21)24-17-33-15-3-13-28-27(33)31-24)20-7-11-23(12-8-20)35-18-22-16-32-14-2-1-4-25(32)29-22/h1-17H,18H2,(H,30,34). The van der Waals surface area contributed by atoms with E-state index in [2.05, 4.69) is 20.3 Å². The van der Waals surface area contributed by atoms with E-state index in [-0.39, 0.29) is 5.91 Å². The first-order chi connectivity index (χ1) is 17.2. The minimum atomic E-state index is -0.147. The van der Waals surface area contributed by atoms with E-state index in [4.69, 9.17) is 0 Å². The van der Waals surface area contributed by atoms with Gasteiger partial charge in [-0.25, -0.2) is 15.0 Å². The summed E-state index contributed by atoms with van der Waals surface area (Å²) in [5.74, 6) is 1.27. The van der Waals surface area contributed by atoms with Crippen LogP contribution in [-0.4, -0.2) is 29.7 Å². The zero-order valence-electron chi connectivity index (χ0n) is 18.6. The molecule has 0 aliphatic carbocycles. The van der Waals surface area contributed by atoms with Gasteiger partial charge in [-0.1, -0.05) is 18.2 Å². The molecule has 0 bridgehead atoms. The van der Waals surface area contributed by atoms with Crippen LogP contribution < -0.4 is 5.32 Å². The molecular formula is C27H20N6OS. The number of fused-ring (bicyclic) bond motifs is 2. The average molecular weight is 477 g/mol. The SMILES string of the molecule is O=C(Nc1ccc(-c2cn3cccnc3n2)cc1)c1ccc(SCc2cn3ccccc3n2)cc1. The van der Waals surface area contributed by atoms with Crippen molar-refractivity contribution in [2.75, 3.05) is 5.32 Å². The number of pyridine rings is 1. The van der Waals surface area contributed by atoms with Gasteiger partial charge < -0.3 is 9.72 Å². The van der Waals surface area contributed by atoms with Crippen molar-refractivity contribution in [1.82, 2.24) is 23.8 Å². The second kappa shape index (κ2) is 9.08. The van der Waals surface area contributed by atoms with Crippen LogP contribution in [0.25, 0.3) is 22.7 Å². The Bertz CT molecular complexity index is 1570. The van der Waals surface area contributed by atoms with Crippen molar-refractivity contribution in [1.29, 1.82) is 0 Å². The topological polar surface area (TPSA) is 76.6 Å². The zero-order chi connectivity index (χ0) is 23.6. The summed E-state index contributed by atoms with van der Waals surface area (Å²) in [6.07, 6.45) is 9.61. The Morgan fingerprint density at radius 1 is 0.857 bits per heavy atom. The Kier molecular flexibility index (Phi) is 5.48. The van der Waals surface area contributed by atoms with Crippen LogP contribution in [0.1, 0.15) is 16.1 Å². The third-order valence-corrected chi connectivity index (χ3v) is 6.64. The number of anilines is 1. The molecule has 7 nitrogen and oxygen atoms in total. The lowest BCUT2D eigenvalue weighted by Crippen LogP contribution is -2.11. The highest BCUT2D eigenvalue weighted by Gasteiger charge is 2.09. The monoisotopic (exact) mass is 476 g/mol. The number of carbonyl (C=O) groups excluding carboxylic acids is 1. The summed E-state index contributed by atoms with van der Waals surface area (Å²) in [4.78, 5) is 27.2. The Balaban J connectivity index is 1.08. The molecule has 0 saturated carbocycles. The lowest BCUT2D eigenvalue weighted by molar-refractivity contribution is 0.102. The van der Waals surface area contributed by atoms with E-state index in [1.54, 1.807) is 18.0 Å². The number of rotatable bonds is 6. The highest BCUT2D eigenvalue weighted by Crippen LogP contribution is 2.24. The fourth-order valence-corrected chi connectivity index (χ4v) is 4.60. The number of carbonyl (C=O) groups is 1. The molecule has 2 aromatic carbocycles. The molecule has 8 heteroatoms. The van der Waals surface area contributed by atoms with Crippen molar-refractivity contribution < 1.29 is 4.79 Å². The van der Waals surface area contributed by atoms with E-state index >= 15 is 0 Å². The van der Waals surface area contributed by atoms with Gasteiger partial charge in [-0.05, 0) is 54.6 Å². The molecule has 0 atom stereocenters. The summed E-state index contributed by atoms with van der Waals surface area (Å²) in [6.45, 7) is 0. The van der Waals surface area contributed by atoms with Crippen LogP contribution in [-0.2, 0) is 5.75 Å². The number of imidazole rings is 2. The molecule has 0 unspecified atom stereocenters. The van der Waals surface area contributed by atoms with Crippen LogP contribution in [0.15, 0.2) is 109 Å². The van der Waals surface area contributed by atoms with Crippen molar-refractivity contribution >= 4 is 34.8 Å². The van der Waals surface area contributed by atoms with Crippen molar-refractivity contribution in [2.45, 2.75) is 10.6 Å². The smallest absolute Gasteiger partial charge is 0.255 e. The number of nitrogens with zero attached hydrogens (tertiary/aromatic N) is 5. The Labute approximate surface area is 205 Å². The molecular weight excluding hydrogens is 456 g/mol. The van der Waals surface area contributed by atoms with Crippen LogP contribution >= 0.6 is 11.8 Å². The van der Waals surface area contributed by atoms with E-state index in [0.717, 1.165) is 38.9 Å². The quantitative estimate of drug-likeness (QED) is 0.317. The predicted octanol–water partition coefficient (Wildman–Crippen LogP) is 5.59. The van der Waals surface area contributed by atoms with E-state index in [0.29, 0.717) is 11.3 Å². The number of hydrogen-bond acceptors (Lipinski definition) is 5. The van der Waals surface area contributed by atoms with Crippen molar-refractivity contribution in [3.05, 3.63) is 115 Å². The molecule has 4 heterocycles. The number of thioether (sulfide) groups is 1. The molecule has 6 aromatic rings. The summed E-state index contributed by atoms with van der Waals surface area (Å²) < 4.78 is 3.90. The largest absolute Gasteiger partial charge is 0.322 e. The summed E-state index contributed by atoms with van der Waals surface area (Å²) in [6, 6.07) is 23.1. The van der Waals surface area contributed by atoms with Gasteiger partial charge in [0.05, 0.1) is 11.4 Å². The number of amides is 1. The van der Waals surface area contributed by atoms with Gasteiger partial charge in [0.25, 0.3) is 5.91 Å². The summed E-state index contributed by atoms with van der Waals surface area (Å²) in [5, 5.41) is 2.96. The molecule has 4 aromatic heterocycles. The molecule has 0 radical (unpaired) electrons. The normalized spacial score (nSPS) is 11.2. The maximum atomic E-state index is 12.7. The van der Waals surface area contributed by atoms with E-state index in [1.807, 2.05) is 106 Å². The highest BCUT2D eigenvalue weighted by molar-refractivity contribution is 7.98. The van der Waals surface area contributed by atoms with Gasteiger partial charge in [0.1, 0.15) is 5.65 Å². The van der Waals surface area contributed by atoms with Gasteiger partial charge >= 0.3 is 0 Å². The molecule has 170 valence electrons. The molecule has 0 aliphatic rings. The van der Waals surface area contributed by atoms with Gasteiger partial charge in [0, 0.05) is 58.4 Å². The Morgan fingerprint density at radius 3 is 2.49 bits per heavy atom. The van der Waals surface area contributed by atoms with Crippen molar-refractivity contribution in [3.63, 3.8) is 0 Å². The molecule has 35 heavy (non-hydrogen) atoms. The molecule has 0 saturated heterocycles. The number of benzene rings is 2. The van der Waals surface area contributed by atoms with Gasteiger partial charge in [0.15, 0.2) is 0 Å². The fraction of sp³-hybridized carbons (Fsp3) is 0.0370. The first-order valence-electron chi connectivity index (χ1n) is 11.1. The molecule has 0 fully saturated rings. The Morgan fingerprint density at radius 2 is 1.69 bits per heavy atom. The molecule has 0 aliphatic heterocycles. The second-order valence-electron chi connectivity index (χ2n) is 8.00. The third-order valence-electron chi connectivity index (χ3n) is 5.59. The van der Waals surface area contributed by atoms with Crippen LogP contribution in [0.3, 0.4) is 0 Å². The van der Waals surface area contributed by atoms with Gasteiger partial charge in [-0.2, -0.15) is 0 Å². The van der Waals surface area contributed by atoms with E-state index < -0.39 is 0 Å². The predicted molar refractivity (Wildman–Crippen MR) is 138 cm³/mol. The maximum absolute atomic E-state index is 12.7. The zero-order valence-corrected chi connectivity index (χ0v) is 19.4. The van der Waals surface area contributed by atoms with E-state index in [1.165, 1.54) is 0 Å². The van der Waals surface area contributed by atoms with Crippen LogP contribution in [0.4, 0.5) is 5.69 Å². The minimum absolute atomic E-state index is 0.147. The summed E-state index contributed by atoms with van der Waals surface area (Å²) in [5.41, 5.74) is 5.09. The van der Waals surface area contributed by atoms with Crippen LogP contribution in [0, 0.1) is 0 Å². The summed E-state index contributed by atoms with van der Waals surface area (Å²) >= 11 is 1.69. The molecule has 0 spiro atoms. The highest BCUT2D eigenvalue weighted by atomic mass is 32.2. The second-order valence-corrected chi connectivity index (χ2v) is 9.04. The summed E-state index contributed by atoms with van der Waals surface area (Å²) in [7, 11) is 0. The van der Waals surface area contributed by atoms with Crippen molar-refractivity contribution in [2.24, 2.45) is 0 Å². The van der Waals surface area contributed by atoms with Crippen molar-refractivity contribution in [3.8, 4) is 11.3 Å². The number of hydrogen-bond donors (Lipinski definition) is 1. The lowest BCUT2D eigenvalue weighted by Gasteiger charge is -2.07. The molecule has 6 rings (SSSR count). The van der Waals surface area contributed by atoms with Gasteiger partial charge in [0.2, 0.25) is 5.78 Å². The fourth-order valence-electron chi connectivity index (χ4n) is 3.81. The number of aromatic nitrogens is 5.